The summed E-state index contributed by atoms with van der Waals surface area (Å²) in [5, 5.41) is 18.2. The molecule has 3 atom stereocenters. The zero-order chi connectivity index (χ0) is 15.9. The second-order valence-electron chi connectivity index (χ2n) is 7.06. The van der Waals surface area contributed by atoms with Gasteiger partial charge in [-0.2, -0.15) is 0 Å². The van der Waals surface area contributed by atoms with Crippen LogP contribution in [0.15, 0.2) is 0 Å². The van der Waals surface area contributed by atoms with Crippen molar-refractivity contribution in [3.8, 4) is 0 Å². The highest BCUT2D eigenvalue weighted by Crippen LogP contribution is 2.36. The monoisotopic (exact) mass is 286 g/mol. The van der Waals surface area contributed by atoms with E-state index >= 15 is 0 Å². The summed E-state index contributed by atoms with van der Waals surface area (Å²) in [4.78, 5) is 22.1. The maximum Gasteiger partial charge on any atom is 0.306 e. The van der Waals surface area contributed by atoms with Gasteiger partial charge in [-0.1, -0.05) is 41.0 Å². The number of aliphatic carboxylic acids is 2. The molecule has 4 heteroatoms. The quantitative estimate of drug-likeness (QED) is 0.635. The molecule has 0 spiro atoms. The first-order valence-corrected chi connectivity index (χ1v) is 7.52. The van der Waals surface area contributed by atoms with E-state index < -0.39 is 11.9 Å². The standard InChI is InChI=1S/C16H30O4/c1-6-11(2)7-13(15(19)20)10-16(4,5)9-12(3)8-14(17)18/h11-13H,6-10H2,1-5H3,(H,17,18)(H,19,20). The lowest BCUT2D eigenvalue weighted by Gasteiger charge is -2.31. The van der Waals surface area contributed by atoms with Crippen molar-refractivity contribution in [1.29, 1.82) is 0 Å². The molecule has 0 radical (unpaired) electrons. The fourth-order valence-corrected chi connectivity index (χ4v) is 2.99. The fourth-order valence-electron chi connectivity index (χ4n) is 2.99. The Bertz CT molecular complexity index is 322. The molecule has 20 heavy (non-hydrogen) atoms. The van der Waals surface area contributed by atoms with Crippen LogP contribution >= 0.6 is 0 Å². The van der Waals surface area contributed by atoms with Gasteiger partial charge in [0.05, 0.1) is 5.92 Å². The molecule has 0 amide bonds. The van der Waals surface area contributed by atoms with Crippen molar-refractivity contribution in [2.75, 3.05) is 0 Å². The summed E-state index contributed by atoms with van der Waals surface area (Å²) in [6.07, 6.45) is 3.18. The molecule has 0 saturated heterocycles. The zero-order valence-electron chi connectivity index (χ0n) is 13.5. The first kappa shape index (κ1) is 18.9. The number of hydrogen-bond donors (Lipinski definition) is 2. The minimum absolute atomic E-state index is 0.0699. The molecule has 118 valence electrons. The Morgan fingerprint density at radius 1 is 1.05 bits per heavy atom. The van der Waals surface area contributed by atoms with E-state index in [-0.39, 0.29) is 23.7 Å². The fraction of sp³-hybridized carbons (Fsp3) is 0.875. The van der Waals surface area contributed by atoms with Crippen LogP contribution in [0.1, 0.15) is 66.7 Å². The third-order valence-electron chi connectivity index (χ3n) is 3.96. The van der Waals surface area contributed by atoms with Crippen molar-refractivity contribution in [2.24, 2.45) is 23.2 Å². The smallest absolute Gasteiger partial charge is 0.306 e. The Morgan fingerprint density at radius 2 is 1.60 bits per heavy atom. The number of rotatable bonds is 10. The highest BCUT2D eigenvalue weighted by atomic mass is 16.4. The highest BCUT2D eigenvalue weighted by Gasteiger charge is 2.30. The van der Waals surface area contributed by atoms with Gasteiger partial charge in [-0.05, 0) is 36.5 Å². The van der Waals surface area contributed by atoms with E-state index in [2.05, 4.69) is 13.8 Å². The van der Waals surface area contributed by atoms with Gasteiger partial charge in [-0.3, -0.25) is 9.59 Å². The minimum Gasteiger partial charge on any atom is -0.481 e. The minimum atomic E-state index is -0.789. The molecule has 0 fully saturated rings. The van der Waals surface area contributed by atoms with E-state index in [9.17, 15) is 14.7 Å². The average molecular weight is 286 g/mol. The summed E-state index contributed by atoms with van der Waals surface area (Å²) in [7, 11) is 0. The van der Waals surface area contributed by atoms with Crippen LogP contribution in [-0.4, -0.2) is 22.2 Å². The molecule has 0 aliphatic heterocycles. The van der Waals surface area contributed by atoms with Crippen molar-refractivity contribution < 1.29 is 19.8 Å². The molecule has 4 nitrogen and oxygen atoms in total. The largest absolute Gasteiger partial charge is 0.481 e. The van der Waals surface area contributed by atoms with Gasteiger partial charge in [0.2, 0.25) is 0 Å². The highest BCUT2D eigenvalue weighted by molar-refractivity contribution is 5.70. The lowest BCUT2D eigenvalue weighted by Crippen LogP contribution is -2.26. The Balaban J connectivity index is 4.58. The topological polar surface area (TPSA) is 74.6 Å². The number of hydrogen-bond acceptors (Lipinski definition) is 2. The van der Waals surface area contributed by atoms with E-state index in [1.54, 1.807) is 0 Å². The van der Waals surface area contributed by atoms with Crippen LogP contribution in [0, 0.1) is 23.2 Å². The Kier molecular flexibility index (Phi) is 7.84. The van der Waals surface area contributed by atoms with E-state index in [0.29, 0.717) is 18.8 Å². The summed E-state index contributed by atoms with van der Waals surface area (Å²) >= 11 is 0. The first-order chi connectivity index (χ1) is 9.07. The molecular formula is C16H30O4. The van der Waals surface area contributed by atoms with Crippen molar-refractivity contribution in [3.63, 3.8) is 0 Å². The van der Waals surface area contributed by atoms with Crippen LogP contribution in [-0.2, 0) is 9.59 Å². The lowest BCUT2D eigenvalue weighted by molar-refractivity contribution is -0.144. The second-order valence-corrected chi connectivity index (χ2v) is 7.06. The van der Waals surface area contributed by atoms with Gasteiger partial charge in [-0.25, -0.2) is 0 Å². The Morgan fingerprint density at radius 3 is 2.00 bits per heavy atom. The number of carbonyl (C=O) groups is 2. The molecule has 0 aromatic rings. The third kappa shape index (κ3) is 8.18. The van der Waals surface area contributed by atoms with Crippen LogP contribution in [0.5, 0.6) is 0 Å². The Labute approximate surface area is 122 Å². The second kappa shape index (κ2) is 8.28. The predicted octanol–water partition coefficient (Wildman–Crippen LogP) is 4.04. The van der Waals surface area contributed by atoms with Crippen LogP contribution < -0.4 is 0 Å². The maximum absolute atomic E-state index is 11.4. The van der Waals surface area contributed by atoms with Gasteiger partial charge in [-0.15, -0.1) is 0 Å². The van der Waals surface area contributed by atoms with Crippen LogP contribution in [0.25, 0.3) is 0 Å². The van der Waals surface area contributed by atoms with Crippen LogP contribution in [0.2, 0.25) is 0 Å². The van der Waals surface area contributed by atoms with E-state index in [0.717, 1.165) is 12.8 Å². The normalized spacial score (nSPS) is 16.4. The van der Waals surface area contributed by atoms with Crippen LogP contribution in [0.3, 0.4) is 0 Å². The molecule has 0 aromatic carbocycles. The Hall–Kier alpha value is -1.06. The van der Waals surface area contributed by atoms with Crippen molar-refractivity contribution in [1.82, 2.24) is 0 Å². The third-order valence-corrected chi connectivity index (χ3v) is 3.96. The van der Waals surface area contributed by atoms with Gasteiger partial charge in [0, 0.05) is 6.42 Å². The summed E-state index contributed by atoms with van der Waals surface area (Å²) < 4.78 is 0. The van der Waals surface area contributed by atoms with Gasteiger partial charge in [0.15, 0.2) is 0 Å². The SMILES string of the molecule is CCC(C)CC(CC(C)(C)CC(C)CC(=O)O)C(=O)O. The van der Waals surface area contributed by atoms with E-state index in [1.165, 1.54) is 0 Å². The maximum atomic E-state index is 11.4. The zero-order valence-corrected chi connectivity index (χ0v) is 13.5. The predicted molar refractivity (Wildman–Crippen MR) is 79.6 cm³/mol. The average Bonchev–Trinajstić information content (AvgIpc) is 2.25. The van der Waals surface area contributed by atoms with Gasteiger partial charge >= 0.3 is 11.9 Å². The molecular weight excluding hydrogens is 256 g/mol. The van der Waals surface area contributed by atoms with Gasteiger partial charge < -0.3 is 10.2 Å². The summed E-state index contributed by atoms with van der Waals surface area (Å²) in [5.74, 6) is -1.38. The molecule has 0 rings (SSSR count). The molecule has 0 heterocycles. The van der Waals surface area contributed by atoms with Crippen molar-refractivity contribution >= 4 is 11.9 Å². The summed E-state index contributed by atoms with van der Waals surface area (Å²) in [6.45, 7) is 10.1. The van der Waals surface area contributed by atoms with Gasteiger partial charge in [0.25, 0.3) is 0 Å². The molecule has 0 aliphatic rings. The molecule has 3 unspecified atom stereocenters. The molecule has 0 aliphatic carbocycles. The number of carboxylic acids is 2. The molecule has 2 N–H and O–H groups in total. The van der Waals surface area contributed by atoms with Gasteiger partial charge in [0.1, 0.15) is 0 Å². The summed E-state index contributed by atoms with van der Waals surface area (Å²) in [5.41, 5.74) is -0.147. The van der Waals surface area contributed by atoms with E-state index in [4.69, 9.17) is 5.11 Å². The van der Waals surface area contributed by atoms with Crippen LogP contribution in [0.4, 0.5) is 0 Å². The lowest BCUT2D eigenvalue weighted by atomic mass is 9.74. The number of carboxylic acid groups (broad SMARTS) is 2. The molecule has 0 bridgehead atoms. The van der Waals surface area contributed by atoms with Crippen molar-refractivity contribution in [3.05, 3.63) is 0 Å². The summed E-state index contributed by atoms with van der Waals surface area (Å²) in [6, 6.07) is 0. The first-order valence-electron chi connectivity index (χ1n) is 7.52. The van der Waals surface area contributed by atoms with E-state index in [1.807, 2.05) is 20.8 Å². The molecule has 0 aromatic heterocycles. The molecule has 0 saturated carbocycles. The van der Waals surface area contributed by atoms with Crippen molar-refractivity contribution in [2.45, 2.75) is 66.7 Å².